The summed E-state index contributed by atoms with van der Waals surface area (Å²) in [6.45, 7) is 3.97. The van der Waals surface area contributed by atoms with Crippen molar-refractivity contribution in [3.05, 3.63) is 0 Å². The highest BCUT2D eigenvalue weighted by molar-refractivity contribution is 5.83. The van der Waals surface area contributed by atoms with Crippen LogP contribution in [0.4, 0.5) is 4.79 Å². The van der Waals surface area contributed by atoms with E-state index in [9.17, 15) is 9.59 Å². The average molecular weight is 159 g/mol. The van der Waals surface area contributed by atoms with E-state index in [1.165, 1.54) is 0 Å². The van der Waals surface area contributed by atoms with Crippen LogP contribution in [0.2, 0.25) is 0 Å². The molecule has 2 N–H and O–H groups in total. The summed E-state index contributed by atoms with van der Waals surface area (Å²) in [7, 11) is 0. The number of hydrogen-bond donors (Lipinski definition) is 1. The molecule has 0 spiro atoms. The summed E-state index contributed by atoms with van der Waals surface area (Å²) in [4.78, 5) is 20.7. The topological polar surface area (TPSA) is 69.4 Å². The Kier molecular flexibility index (Phi) is 4.26. The molecule has 0 aromatic heterocycles. The van der Waals surface area contributed by atoms with Crippen LogP contribution in [0.15, 0.2) is 0 Å². The van der Waals surface area contributed by atoms with Gasteiger partial charge in [-0.3, -0.25) is 4.79 Å². The van der Waals surface area contributed by atoms with Gasteiger partial charge in [0, 0.05) is 6.42 Å². The van der Waals surface area contributed by atoms with Gasteiger partial charge in [0.05, 0.1) is 0 Å². The van der Waals surface area contributed by atoms with Gasteiger partial charge in [0.25, 0.3) is 0 Å². The third kappa shape index (κ3) is 6.83. The molecule has 64 valence electrons. The molecule has 0 atom stereocenters. The lowest BCUT2D eigenvalue weighted by atomic mass is 10.1. The van der Waals surface area contributed by atoms with Crippen molar-refractivity contribution >= 4 is 12.1 Å². The average Bonchev–Trinajstić information content (AvgIpc) is 1.82. The highest BCUT2D eigenvalue weighted by Gasteiger charge is 2.06. The van der Waals surface area contributed by atoms with Crippen molar-refractivity contribution in [3.63, 3.8) is 0 Å². The van der Waals surface area contributed by atoms with Crippen LogP contribution >= 0.6 is 0 Å². The van der Waals surface area contributed by atoms with Crippen molar-refractivity contribution in [2.75, 3.05) is 0 Å². The molecule has 0 heterocycles. The summed E-state index contributed by atoms with van der Waals surface area (Å²) in [6.07, 6.45) is -0.0639. The predicted octanol–water partition coefficient (Wildman–Crippen LogP) is 1.04. The number of esters is 1. The molecule has 4 heteroatoms. The highest BCUT2D eigenvalue weighted by Crippen LogP contribution is 2.03. The van der Waals surface area contributed by atoms with Gasteiger partial charge in [-0.15, -0.1) is 0 Å². The fourth-order valence-corrected chi connectivity index (χ4v) is 0.570. The third-order valence-electron chi connectivity index (χ3n) is 1.14. The summed E-state index contributed by atoms with van der Waals surface area (Å²) in [5.74, 6) is -0.123. The molecular weight excluding hydrogens is 146 g/mol. The molecule has 0 unspecified atom stereocenters. The number of ether oxygens (including phenoxy) is 1. The Morgan fingerprint density at radius 3 is 2.36 bits per heavy atom. The molecule has 0 aromatic rings. The number of amides is 1. The van der Waals surface area contributed by atoms with Gasteiger partial charge in [-0.1, -0.05) is 13.8 Å². The minimum absolute atomic E-state index is 0.251. The minimum atomic E-state index is -1.03. The van der Waals surface area contributed by atoms with Crippen molar-refractivity contribution in [2.45, 2.75) is 26.7 Å². The Morgan fingerprint density at radius 2 is 2.00 bits per heavy atom. The molecular formula is C7H13NO3. The molecule has 0 aliphatic carbocycles. The van der Waals surface area contributed by atoms with Crippen LogP contribution in [0.3, 0.4) is 0 Å². The Hall–Kier alpha value is -1.06. The fraction of sp³-hybridized carbons (Fsp3) is 0.714. The van der Waals surface area contributed by atoms with Crippen LogP contribution < -0.4 is 5.73 Å². The maximum Gasteiger partial charge on any atom is 0.412 e. The lowest BCUT2D eigenvalue weighted by Crippen LogP contribution is -2.18. The van der Waals surface area contributed by atoms with E-state index in [0.717, 1.165) is 0 Å². The van der Waals surface area contributed by atoms with E-state index >= 15 is 0 Å². The number of primary amides is 1. The molecule has 0 saturated carbocycles. The molecule has 0 radical (unpaired) electrons. The molecule has 4 nitrogen and oxygen atoms in total. The summed E-state index contributed by atoms with van der Waals surface area (Å²) < 4.78 is 4.10. The number of nitrogens with two attached hydrogens (primary N) is 1. The quantitative estimate of drug-likeness (QED) is 0.494. The maximum atomic E-state index is 10.6. The molecule has 0 aliphatic heterocycles. The van der Waals surface area contributed by atoms with Gasteiger partial charge in [0.1, 0.15) is 0 Å². The Balaban J connectivity index is 3.46. The van der Waals surface area contributed by atoms with Gasteiger partial charge in [0.2, 0.25) is 0 Å². The first-order valence-electron chi connectivity index (χ1n) is 3.52. The van der Waals surface area contributed by atoms with E-state index in [0.29, 0.717) is 12.3 Å². The second-order valence-corrected chi connectivity index (χ2v) is 2.73. The number of hydrogen-bond acceptors (Lipinski definition) is 3. The van der Waals surface area contributed by atoms with Gasteiger partial charge >= 0.3 is 12.1 Å². The zero-order valence-corrected chi connectivity index (χ0v) is 6.79. The molecule has 0 aliphatic rings. The van der Waals surface area contributed by atoms with Gasteiger partial charge < -0.3 is 10.5 Å². The van der Waals surface area contributed by atoms with Crippen LogP contribution in [0.25, 0.3) is 0 Å². The minimum Gasteiger partial charge on any atom is -0.376 e. The first-order valence-corrected chi connectivity index (χ1v) is 3.52. The van der Waals surface area contributed by atoms with Crippen molar-refractivity contribution in [3.8, 4) is 0 Å². The Morgan fingerprint density at radius 1 is 1.45 bits per heavy atom. The van der Waals surface area contributed by atoms with Crippen molar-refractivity contribution in [2.24, 2.45) is 11.7 Å². The lowest BCUT2D eigenvalue weighted by molar-refractivity contribution is -0.137. The van der Waals surface area contributed by atoms with Crippen molar-refractivity contribution in [1.82, 2.24) is 0 Å². The number of carbonyl (C=O) groups is 2. The summed E-state index contributed by atoms with van der Waals surface area (Å²) in [5.41, 5.74) is 4.62. The molecule has 0 aromatic carbocycles. The summed E-state index contributed by atoms with van der Waals surface area (Å²) in [5, 5.41) is 0. The van der Waals surface area contributed by atoms with Crippen LogP contribution in [0.1, 0.15) is 26.7 Å². The van der Waals surface area contributed by atoms with Gasteiger partial charge in [-0.2, -0.15) is 0 Å². The standard InChI is InChI=1S/C7H13NO3/c1-5(2)3-4-6(9)11-7(8)10/h5H,3-4H2,1-2H3,(H2,8,10). The largest absolute Gasteiger partial charge is 0.412 e. The fourth-order valence-electron chi connectivity index (χ4n) is 0.570. The second kappa shape index (κ2) is 4.71. The van der Waals surface area contributed by atoms with E-state index in [4.69, 9.17) is 0 Å². The molecule has 0 fully saturated rings. The molecule has 0 saturated heterocycles. The van der Waals surface area contributed by atoms with E-state index in [1.54, 1.807) is 0 Å². The Labute approximate surface area is 65.7 Å². The van der Waals surface area contributed by atoms with Gasteiger partial charge in [-0.05, 0) is 12.3 Å². The van der Waals surface area contributed by atoms with E-state index in [-0.39, 0.29) is 6.42 Å². The SMILES string of the molecule is CC(C)CCC(=O)OC(N)=O. The van der Waals surface area contributed by atoms with Crippen molar-refractivity contribution in [1.29, 1.82) is 0 Å². The smallest absolute Gasteiger partial charge is 0.376 e. The third-order valence-corrected chi connectivity index (χ3v) is 1.14. The molecule has 11 heavy (non-hydrogen) atoms. The monoisotopic (exact) mass is 159 g/mol. The van der Waals surface area contributed by atoms with Gasteiger partial charge in [0.15, 0.2) is 0 Å². The van der Waals surface area contributed by atoms with E-state index in [2.05, 4.69) is 10.5 Å². The normalized spacial score (nSPS) is 9.73. The highest BCUT2D eigenvalue weighted by atomic mass is 16.6. The van der Waals surface area contributed by atoms with Crippen molar-refractivity contribution < 1.29 is 14.3 Å². The zero-order chi connectivity index (χ0) is 8.85. The lowest BCUT2D eigenvalue weighted by Gasteiger charge is -2.01. The maximum absolute atomic E-state index is 10.6. The van der Waals surface area contributed by atoms with Crippen LogP contribution in [-0.4, -0.2) is 12.1 Å². The molecule has 0 rings (SSSR count). The Bertz CT molecular complexity index is 154. The first-order chi connectivity index (χ1) is 5.02. The van der Waals surface area contributed by atoms with Crippen LogP contribution in [0, 0.1) is 5.92 Å². The second-order valence-electron chi connectivity index (χ2n) is 2.73. The zero-order valence-electron chi connectivity index (χ0n) is 6.79. The van der Waals surface area contributed by atoms with E-state index < -0.39 is 12.1 Å². The first kappa shape index (κ1) is 9.94. The van der Waals surface area contributed by atoms with Crippen LogP contribution in [-0.2, 0) is 9.53 Å². The number of carbonyl (C=O) groups excluding carboxylic acids is 2. The number of rotatable bonds is 3. The predicted molar refractivity (Wildman–Crippen MR) is 39.7 cm³/mol. The van der Waals surface area contributed by atoms with Crippen LogP contribution in [0.5, 0.6) is 0 Å². The summed E-state index contributed by atoms with van der Waals surface area (Å²) in [6, 6.07) is 0. The summed E-state index contributed by atoms with van der Waals surface area (Å²) >= 11 is 0. The molecule has 1 amide bonds. The molecule has 0 bridgehead atoms. The van der Waals surface area contributed by atoms with E-state index in [1.807, 2.05) is 13.8 Å². The van der Waals surface area contributed by atoms with Gasteiger partial charge in [-0.25, -0.2) is 4.79 Å².